The lowest BCUT2D eigenvalue weighted by Gasteiger charge is -2.23. The molecule has 0 radical (unpaired) electrons. The SMILES string of the molecule is COC1CCCC1n1c(C)c(C)c(C#N)c1N. The van der Waals surface area contributed by atoms with Gasteiger partial charge < -0.3 is 15.0 Å². The number of hydrogen-bond acceptors (Lipinski definition) is 3. The van der Waals surface area contributed by atoms with Crippen molar-refractivity contribution < 1.29 is 4.74 Å². The maximum absolute atomic E-state index is 9.13. The Morgan fingerprint density at radius 1 is 1.41 bits per heavy atom. The minimum Gasteiger partial charge on any atom is -0.384 e. The van der Waals surface area contributed by atoms with Crippen molar-refractivity contribution in [1.29, 1.82) is 5.26 Å². The van der Waals surface area contributed by atoms with Crippen molar-refractivity contribution in [3.8, 4) is 6.07 Å². The van der Waals surface area contributed by atoms with Gasteiger partial charge in [-0.15, -0.1) is 0 Å². The van der Waals surface area contributed by atoms with E-state index in [4.69, 9.17) is 15.7 Å². The van der Waals surface area contributed by atoms with Crippen molar-refractivity contribution in [2.75, 3.05) is 12.8 Å². The predicted molar refractivity (Wildman–Crippen MR) is 66.7 cm³/mol. The fraction of sp³-hybridized carbons (Fsp3) is 0.615. The number of rotatable bonds is 2. The Hall–Kier alpha value is -1.47. The number of nitrogen functional groups attached to an aromatic ring is 1. The van der Waals surface area contributed by atoms with E-state index in [0.29, 0.717) is 11.4 Å². The second-order valence-electron chi connectivity index (χ2n) is 4.72. The highest BCUT2D eigenvalue weighted by atomic mass is 16.5. The van der Waals surface area contributed by atoms with Gasteiger partial charge in [0.05, 0.1) is 17.7 Å². The lowest BCUT2D eigenvalue weighted by atomic mass is 10.2. The van der Waals surface area contributed by atoms with Gasteiger partial charge in [0.25, 0.3) is 0 Å². The lowest BCUT2D eigenvalue weighted by molar-refractivity contribution is 0.0751. The summed E-state index contributed by atoms with van der Waals surface area (Å²) in [6.45, 7) is 3.98. The van der Waals surface area contributed by atoms with Crippen molar-refractivity contribution in [2.45, 2.75) is 45.3 Å². The first kappa shape index (κ1) is 12.0. The lowest BCUT2D eigenvalue weighted by Crippen LogP contribution is -2.22. The first-order valence-corrected chi connectivity index (χ1v) is 6.01. The molecule has 2 unspecified atom stereocenters. The van der Waals surface area contributed by atoms with Crippen molar-refractivity contribution in [1.82, 2.24) is 4.57 Å². The summed E-state index contributed by atoms with van der Waals surface area (Å²) in [5, 5.41) is 9.13. The minimum absolute atomic E-state index is 0.217. The Morgan fingerprint density at radius 3 is 2.65 bits per heavy atom. The maximum Gasteiger partial charge on any atom is 0.122 e. The topological polar surface area (TPSA) is 64.0 Å². The zero-order valence-electron chi connectivity index (χ0n) is 10.7. The molecule has 0 aromatic carbocycles. The van der Waals surface area contributed by atoms with E-state index in [1.807, 2.05) is 13.8 Å². The number of hydrogen-bond donors (Lipinski definition) is 1. The quantitative estimate of drug-likeness (QED) is 0.852. The molecular formula is C13H19N3O. The molecule has 4 nitrogen and oxygen atoms in total. The second-order valence-corrected chi connectivity index (χ2v) is 4.72. The Bertz CT molecular complexity index is 470. The number of nitrogens with two attached hydrogens (primary N) is 1. The largest absolute Gasteiger partial charge is 0.384 e. The van der Waals surface area contributed by atoms with Gasteiger partial charge in [0, 0.05) is 12.8 Å². The van der Waals surface area contributed by atoms with Crippen LogP contribution < -0.4 is 5.73 Å². The van der Waals surface area contributed by atoms with Crippen LogP contribution in [0.5, 0.6) is 0 Å². The Morgan fingerprint density at radius 2 is 2.12 bits per heavy atom. The maximum atomic E-state index is 9.13. The van der Waals surface area contributed by atoms with Crippen molar-refractivity contribution in [2.24, 2.45) is 0 Å². The Labute approximate surface area is 102 Å². The number of anilines is 1. The number of methoxy groups -OCH3 is 1. The number of ether oxygens (including phenoxy) is 1. The van der Waals surface area contributed by atoms with Crippen LogP contribution in [-0.2, 0) is 4.74 Å². The third-order valence-corrected chi connectivity index (χ3v) is 3.96. The highest BCUT2D eigenvalue weighted by molar-refractivity contribution is 5.58. The van der Waals surface area contributed by atoms with Crippen molar-refractivity contribution in [3.05, 3.63) is 16.8 Å². The van der Waals surface area contributed by atoms with Crippen LogP contribution in [0.15, 0.2) is 0 Å². The molecule has 4 heteroatoms. The predicted octanol–water partition coefficient (Wildman–Crippen LogP) is 2.30. The highest BCUT2D eigenvalue weighted by Crippen LogP contribution is 2.37. The van der Waals surface area contributed by atoms with Gasteiger partial charge in [-0.3, -0.25) is 0 Å². The van der Waals surface area contributed by atoms with Crippen LogP contribution in [0.25, 0.3) is 0 Å². The van der Waals surface area contributed by atoms with Crippen LogP contribution in [0.2, 0.25) is 0 Å². The summed E-state index contributed by atoms with van der Waals surface area (Å²) in [6.07, 6.45) is 3.51. The monoisotopic (exact) mass is 233 g/mol. The molecule has 1 aromatic rings. The van der Waals surface area contributed by atoms with Crippen molar-refractivity contribution >= 4 is 5.82 Å². The molecule has 1 heterocycles. The van der Waals surface area contributed by atoms with E-state index in [0.717, 1.165) is 30.5 Å². The number of nitriles is 1. The summed E-state index contributed by atoms with van der Waals surface area (Å²) in [7, 11) is 1.75. The summed E-state index contributed by atoms with van der Waals surface area (Å²) in [4.78, 5) is 0. The molecule has 1 fully saturated rings. The third-order valence-electron chi connectivity index (χ3n) is 3.96. The summed E-state index contributed by atoms with van der Waals surface area (Å²) in [6, 6.07) is 2.47. The first-order chi connectivity index (χ1) is 8.11. The van der Waals surface area contributed by atoms with Gasteiger partial charge in [-0.25, -0.2) is 0 Å². The standard InChI is InChI=1S/C13H19N3O/c1-8-9(2)16(13(15)10(8)7-14)11-5-4-6-12(11)17-3/h11-12H,4-6,15H2,1-3H3. The Balaban J connectivity index is 2.49. The van der Waals surface area contributed by atoms with Crippen LogP contribution in [0, 0.1) is 25.2 Å². The minimum atomic E-state index is 0.217. The summed E-state index contributed by atoms with van der Waals surface area (Å²) in [5.74, 6) is 0.594. The molecule has 1 aliphatic rings. The molecular weight excluding hydrogens is 214 g/mol. The Kier molecular flexibility index (Phi) is 3.12. The van der Waals surface area contributed by atoms with Gasteiger partial charge in [-0.05, 0) is 38.7 Å². The third kappa shape index (κ3) is 1.71. The van der Waals surface area contributed by atoms with E-state index in [2.05, 4.69) is 10.6 Å². The fourth-order valence-corrected chi connectivity index (χ4v) is 2.90. The van der Waals surface area contributed by atoms with Crippen LogP contribution in [0.4, 0.5) is 5.82 Å². The van der Waals surface area contributed by atoms with E-state index < -0.39 is 0 Å². The molecule has 1 aliphatic carbocycles. The van der Waals surface area contributed by atoms with Gasteiger partial charge in [0.2, 0.25) is 0 Å². The van der Waals surface area contributed by atoms with Crippen molar-refractivity contribution in [3.63, 3.8) is 0 Å². The average molecular weight is 233 g/mol. The van der Waals surface area contributed by atoms with Gasteiger partial charge in [-0.2, -0.15) is 5.26 Å². The van der Waals surface area contributed by atoms with E-state index in [1.54, 1.807) is 7.11 Å². The smallest absolute Gasteiger partial charge is 0.122 e. The van der Waals surface area contributed by atoms with Crippen LogP contribution in [0.1, 0.15) is 42.1 Å². The molecule has 92 valence electrons. The number of aromatic nitrogens is 1. The number of nitrogens with zero attached hydrogens (tertiary/aromatic N) is 2. The zero-order valence-corrected chi connectivity index (χ0v) is 10.7. The molecule has 2 N–H and O–H groups in total. The second kappa shape index (κ2) is 4.42. The first-order valence-electron chi connectivity index (χ1n) is 6.01. The molecule has 1 aromatic heterocycles. The zero-order chi connectivity index (χ0) is 12.6. The summed E-state index contributed by atoms with van der Waals surface area (Å²) in [5.41, 5.74) is 8.80. The van der Waals surface area contributed by atoms with Crippen LogP contribution in [0.3, 0.4) is 0 Å². The van der Waals surface area contributed by atoms with Gasteiger partial charge in [-0.1, -0.05) is 0 Å². The normalized spacial score (nSPS) is 23.9. The molecule has 0 amide bonds. The van der Waals surface area contributed by atoms with E-state index in [9.17, 15) is 0 Å². The average Bonchev–Trinajstić information content (AvgIpc) is 2.84. The molecule has 17 heavy (non-hydrogen) atoms. The fourth-order valence-electron chi connectivity index (χ4n) is 2.90. The summed E-state index contributed by atoms with van der Waals surface area (Å²) < 4.78 is 7.60. The van der Waals surface area contributed by atoms with E-state index >= 15 is 0 Å². The van der Waals surface area contributed by atoms with E-state index in [1.165, 1.54) is 0 Å². The van der Waals surface area contributed by atoms with Gasteiger partial charge in [0.1, 0.15) is 11.9 Å². The highest BCUT2D eigenvalue weighted by Gasteiger charge is 2.32. The molecule has 2 rings (SSSR count). The van der Waals surface area contributed by atoms with Crippen LogP contribution in [-0.4, -0.2) is 17.8 Å². The molecule has 0 bridgehead atoms. The van der Waals surface area contributed by atoms with Gasteiger partial charge >= 0.3 is 0 Å². The van der Waals surface area contributed by atoms with E-state index in [-0.39, 0.29) is 12.1 Å². The molecule has 0 aliphatic heterocycles. The molecule has 1 saturated carbocycles. The molecule has 2 atom stereocenters. The molecule has 0 saturated heterocycles. The van der Waals surface area contributed by atoms with Gasteiger partial charge in [0.15, 0.2) is 0 Å². The summed E-state index contributed by atoms with van der Waals surface area (Å²) >= 11 is 0. The molecule has 0 spiro atoms. The van der Waals surface area contributed by atoms with Crippen LogP contribution >= 0.6 is 0 Å².